The molecule has 1 saturated heterocycles. The molecular formula is C14H19N3O3. The smallest absolute Gasteiger partial charge is 0.321 e. The Balaban J connectivity index is 1.96. The zero-order valence-electron chi connectivity index (χ0n) is 11.8. The van der Waals surface area contributed by atoms with Crippen LogP contribution in [0.4, 0.5) is 10.5 Å². The number of benzene rings is 1. The molecule has 3 amide bonds. The number of nitrogens with zero attached hydrogens (tertiary/aromatic N) is 2. The number of amides is 3. The molecular weight excluding hydrogens is 258 g/mol. The molecule has 1 fully saturated rings. The van der Waals surface area contributed by atoms with Gasteiger partial charge in [0.25, 0.3) is 5.91 Å². The Bertz CT molecular complexity index is 479. The van der Waals surface area contributed by atoms with Crippen molar-refractivity contribution in [1.82, 2.24) is 9.80 Å². The monoisotopic (exact) mass is 277 g/mol. The number of hydrogen-bond acceptors (Lipinski definition) is 3. The van der Waals surface area contributed by atoms with Crippen molar-refractivity contribution >= 4 is 17.6 Å². The molecule has 0 aromatic heterocycles. The average Bonchev–Trinajstić information content (AvgIpc) is 2.48. The largest absolute Gasteiger partial charge is 0.378 e. The van der Waals surface area contributed by atoms with Crippen LogP contribution in [0, 0.1) is 0 Å². The number of nitrogens with one attached hydrogen (secondary N) is 1. The van der Waals surface area contributed by atoms with Crippen LogP contribution in [0.25, 0.3) is 0 Å². The first kappa shape index (κ1) is 14.3. The molecule has 0 unspecified atom stereocenters. The Kier molecular flexibility index (Phi) is 4.57. The van der Waals surface area contributed by atoms with Crippen LogP contribution in [0.3, 0.4) is 0 Å². The minimum atomic E-state index is -0.139. The summed E-state index contributed by atoms with van der Waals surface area (Å²) in [5.41, 5.74) is 1.27. The lowest BCUT2D eigenvalue weighted by molar-refractivity contribution is 0.0564. The van der Waals surface area contributed by atoms with Gasteiger partial charge in [-0.3, -0.25) is 4.79 Å². The predicted molar refractivity (Wildman–Crippen MR) is 75.9 cm³/mol. The summed E-state index contributed by atoms with van der Waals surface area (Å²) in [6, 6.07) is 6.73. The second-order valence-electron chi connectivity index (χ2n) is 4.81. The molecule has 1 N–H and O–H groups in total. The van der Waals surface area contributed by atoms with Crippen LogP contribution >= 0.6 is 0 Å². The first-order valence-electron chi connectivity index (χ1n) is 6.53. The fourth-order valence-electron chi connectivity index (χ4n) is 1.92. The van der Waals surface area contributed by atoms with Crippen LogP contribution in [-0.4, -0.2) is 62.1 Å². The third kappa shape index (κ3) is 3.48. The van der Waals surface area contributed by atoms with Gasteiger partial charge in [-0.05, 0) is 24.3 Å². The minimum absolute atomic E-state index is 0.0592. The van der Waals surface area contributed by atoms with Crippen molar-refractivity contribution in [2.24, 2.45) is 0 Å². The van der Waals surface area contributed by atoms with E-state index >= 15 is 0 Å². The van der Waals surface area contributed by atoms with E-state index in [9.17, 15) is 9.59 Å². The summed E-state index contributed by atoms with van der Waals surface area (Å²) in [5, 5.41) is 2.81. The van der Waals surface area contributed by atoms with Gasteiger partial charge in [-0.15, -0.1) is 0 Å². The van der Waals surface area contributed by atoms with Gasteiger partial charge in [0.1, 0.15) is 0 Å². The quantitative estimate of drug-likeness (QED) is 0.885. The van der Waals surface area contributed by atoms with Gasteiger partial charge in [-0.2, -0.15) is 0 Å². The highest BCUT2D eigenvalue weighted by molar-refractivity contribution is 5.95. The number of urea groups is 1. The molecule has 0 atom stereocenters. The number of hydrogen-bond donors (Lipinski definition) is 1. The predicted octanol–water partition coefficient (Wildman–Crippen LogP) is 1.25. The molecule has 1 aromatic carbocycles. The maximum Gasteiger partial charge on any atom is 0.321 e. The van der Waals surface area contributed by atoms with E-state index in [2.05, 4.69) is 5.32 Å². The van der Waals surface area contributed by atoms with Crippen LogP contribution < -0.4 is 5.32 Å². The average molecular weight is 277 g/mol. The lowest BCUT2D eigenvalue weighted by atomic mass is 10.2. The van der Waals surface area contributed by atoms with Crippen LogP contribution in [-0.2, 0) is 4.74 Å². The van der Waals surface area contributed by atoms with E-state index in [4.69, 9.17) is 4.74 Å². The van der Waals surface area contributed by atoms with Crippen molar-refractivity contribution < 1.29 is 14.3 Å². The summed E-state index contributed by atoms with van der Waals surface area (Å²) in [4.78, 5) is 26.9. The highest BCUT2D eigenvalue weighted by Gasteiger charge is 2.16. The van der Waals surface area contributed by atoms with Crippen molar-refractivity contribution in [3.05, 3.63) is 29.8 Å². The van der Waals surface area contributed by atoms with Gasteiger partial charge in [0.2, 0.25) is 0 Å². The molecule has 0 spiro atoms. The molecule has 0 aliphatic carbocycles. The number of rotatable bonds is 2. The molecule has 6 nitrogen and oxygen atoms in total. The van der Waals surface area contributed by atoms with Gasteiger partial charge >= 0.3 is 6.03 Å². The number of anilines is 1. The fourth-order valence-corrected chi connectivity index (χ4v) is 1.92. The number of morpholine rings is 1. The molecule has 2 rings (SSSR count). The maximum atomic E-state index is 12.0. The first-order valence-corrected chi connectivity index (χ1v) is 6.53. The highest BCUT2D eigenvalue weighted by atomic mass is 16.5. The van der Waals surface area contributed by atoms with Gasteiger partial charge in [-0.1, -0.05) is 0 Å². The number of carbonyl (C=O) groups excluding carboxylic acids is 2. The van der Waals surface area contributed by atoms with Crippen molar-refractivity contribution in [2.45, 2.75) is 0 Å². The Hall–Kier alpha value is -2.08. The summed E-state index contributed by atoms with van der Waals surface area (Å²) in [6.45, 7) is 2.35. The molecule has 1 aromatic rings. The van der Waals surface area contributed by atoms with Gasteiger partial charge in [0.15, 0.2) is 0 Å². The molecule has 1 aliphatic rings. The van der Waals surface area contributed by atoms with Gasteiger partial charge < -0.3 is 19.9 Å². The third-order valence-electron chi connectivity index (χ3n) is 3.09. The number of ether oxygens (including phenoxy) is 1. The van der Waals surface area contributed by atoms with E-state index in [0.717, 1.165) is 0 Å². The van der Waals surface area contributed by atoms with E-state index in [-0.39, 0.29) is 11.9 Å². The van der Waals surface area contributed by atoms with E-state index in [1.165, 1.54) is 4.90 Å². The van der Waals surface area contributed by atoms with E-state index in [0.29, 0.717) is 37.6 Å². The third-order valence-corrected chi connectivity index (χ3v) is 3.09. The molecule has 0 bridgehead atoms. The summed E-state index contributed by atoms with van der Waals surface area (Å²) in [5.74, 6) is -0.0592. The highest BCUT2D eigenvalue weighted by Crippen LogP contribution is 2.12. The van der Waals surface area contributed by atoms with Crippen molar-refractivity contribution in [1.29, 1.82) is 0 Å². The topological polar surface area (TPSA) is 61.9 Å². The molecule has 1 aliphatic heterocycles. The van der Waals surface area contributed by atoms with Crippen LogP contribution in [0.1, 0.15) is 10.4 Å². The SMILES string of the molecule is CN(C)C(=O)c1ccc(NC(=O)N2CCOCC2)cc1. The first-order chi connectivity index (χ1) is 9.58. The Morgan fingerprint density at radius 2 is 1.75 bits per heavy atom. The fraction of sp³-hybridized carbons (Fsp3) is 0.429. The standard InChI is InChI=1S/C14H19N3O3/c1-16(2)13(18)11-3-5-12(6-4-11)15-14(19)17-7-9-20-10-8-17/h3-6H,7-10H2,1-2H3,(H,15,19). The summed E-state index contributed by atoms with van der Waals surface area (Å²) < 4.78 is 5.20. The molecule has 1 heterocycles. The normalized spacial score (nSPS) is 14.8. The molecule has 0 saturated carbocycles. The Morgan fingerprint density at radius 1 is 1.15 bits per heavy atom. The molecule has 0 radical (unpaired) electrons. The van der Waals surface area contributed by atoms with Crippen LogP contribution in [0.15, 0.2) is 24.3 Å². The van der Waals surface area contributed by atoms with Gasteiger partial charge in [0.05, 0.1) is 13.2 Å². The summed E-state index contributed by atoms with van der Waals surface area (Å²) in [6.07, 6.45) is 0. The molecule has 108 valence electrons. The van der Waals surface area contributed by atoms with Crippen LogP contribution in [0.2, 0.25) is 0 Å². The zero-order valence-corrected chi connectivity index (χ0v) is 11.8. The Morgan fingerprint density at radius 3 is 2.30 bits per heavy atom. The van der Waals surface area contributed by atoms with Crippen LogP contribution in [0.5, 0.6) is 0 Å². The van der Waals surface area contributed by atoms with Gasteiger partial charge in [0, 0.05) is 38.4 Å². The zero-order chi connectivity index (χ0) is 14.5. The Labute approximate surface area is 118 Å². The number of carbonyl (C=O) groups is 2. The van der Waals surface area contributed by atoms with E-state index in [1.54, 1.807) is 43.3 Å². The van der Waals surface area contributed by atoms with Crippen molar-refractivity contribution in [2.75, 3.05) is 45.7 Å². The molecule has 20 heavy (non-hydrogen) atoms. The second-order valence-corrected chi connectivity index (χ2v) is 4.81. The second kappa shape index (κ2) is 6.38. The molecule has 6 heteroatoms. The lowest BCUT2D eigenvalue weighted by Crippen LogP contribution is -2.43. The summed E-state index contributed by atoms with van der Waals surface area (Å²) in [7, 11) is 3.41. The summed E-state index contributed by atoms with van der Waals surface area (Å²) >= 11 is 0. The van der Waals surface area contributed by atoms with E-state index < -0.39 is 0 Å². The lowest BCUT2D eigenvalue weighted by Gasteiger charge is -2.26. The van der Waals surface area contributed by atoms with Crippen molar-refractivity contribution in [3.8, 4) is 0 Å². The van der Waals surface area contributed by atoms with Crippen molar-refractivity contribution in [3.63, 3.8) is 0 Å². The van der Waals surface area contributed by atoms with Gasteiger partial charge in [-0.25, -0.2) is 4.79 Å². The van der Waals surface area contributed by atoms with E-state index in [1.807, 2.05) is 0 Å². The maximum absolute atomic E-state index is 12.0. The minimum Gasteiger partial charge on any atom is -0.378 e.